The summed E-state index contributed by atoms with van der Waals surface area (Å²) in [7, 11) is 3.17. The zero-order chi connectivity index (χ0) is 15.7. The Balaban J connectivity index is 2.24. The molecule has 2 rings (SSSR count). The smallest absolute Gasteiger partial charge is 0.325 e. The summed E-state index contributed by atoms with van der Waals surface area (Å²) in [6, 6.07) is -0.963. The Morgan fingerprint density at radius 3 is 2.71 bits per heavy atom. The van der Waals surface area contributed by atoms with Crippen molar-refractivity contribution >= 4 is 34.8 Å². The number of nitrogens with zero attached hydrogens (tertiary/aromatic N) is 3. The number of hydrogen-bond acceptors (Lipinski definition) is 6. The molecule has 0 bridgehead atoms. The lowest BCUT2D eigenvalue weighted by Gasteiger charge is -2.37. The zero-order valence-corrected chi connectivity index (χ0v) is 13.2. The number of carbonyl (C=O) groups excluding carboxylic acids is 3. The first kappa shape index (κ1) is 15.6. The van der Waals surface area contributed by atoms with E-state index in [2.05, 4.69) is 15.6 Å². The zero-order valence-electron chi connectivity index (χ0n) is 12.4. The van der Waals surface area contributed by atoms with Crippen LogP contribution < -0.4 is 10.6 Å². The van der Waals surface area contributed by atoms with Crippen molar-refractivity contribution in [3.63, 3.8) is 0 Å². The lowest BCUT2D eigenvalue weighted by molar-refractivity contribution is -0.127. The van der Waals surface area contributed by atoms with Crippen LogP contribution in [-0.4, -0.2) is 70.9 Å². The second-order valence-electron chi connectivity index (χ2n) is 5.14. The molecule has 9 heteroatoms. The van der Waals surface area contributed by atoms with Crippen molar-refractivity contribution in [2.24, 2.45) is 4.99 Å². The van der Waals surface area contributed by atoms with Crippen LogP contribution in [0.25, 0.3) is 0 Å². The van der Waals surface area contributed by atoms with Gasteiger partial charge in [0.15, 0.2) is 17.4 Å². The third kappa shape index (κ3) is 2.82. The van der Waals surface area contributed by atoms with Crippen molar-refractivity contribution in [1.82, 2.24) is 20.4 Å². The van der Waals surface area contributed by atoms with Crippen LogP contribution in [0.1, 0.15) is 13.8 Å². The van der Waals surface area contributed by atoms with Crippen LogP contribution in [0.4, 0.5) is 4.79 Å². The first-order valence-corrected chi connectivity index (χ1v) is 7.62. The molecule has 2 atom stereocenters. The number of aliphatic imine (C=N–C) groups is 1. The number of amidine groups is 1. The second kappa shape index (κ2) is 5.92. The summed E-state index contributed by atoms with van der Waals surface area (Å²) in [6.07, 6.45) is -0.541. The maximum absolute atomic E-state index is 12.1. The number of hydrogen-bond donors (Lipinski definition) is 2. The van der Waals surface area contributed by atoms with Gasteiger partial charge in [0, 0.05) is 20.1 Å². The molecule has 0 aromatic carbocycles. The summed E-state index contributed by atoms with van der Waals surface area (Å²) < 4.78 is 0. The van der Waals surface area contributed by atoms with Crippen LogP contribution >= 0.6 is 11.8 Å². The molecule has 2 heterocycles. The molecule has 1 fully saturated rings. The molecule has 8 nitrogen and oxygen atoms in total. The van der Waals surface area contributed by atoms with Gasteiger partial charge in [0.05, 0.1) is 5.75 Å². The van der Waals surface area contributed by atoms with E-state index >= 15 is 0 Å². The number of carbonyl (C=O) groups is 3. The summed E-state index contributed by atoms with van der Waals surface area (Å²) in [5.41, 5.74) is 0. The van der Waals surface area contributed by atoms with Gasteiger partial charge in [0.25, 0.3) is 5.91 Å². The Morgan fingerprint density at radius 2 is 2.14 bits per heavy atom. The average Bonchev–Trinajstić information content (AvgIpc) is 2.82. The highest BCUT2D eigenvalue weighted by atomic mass is 32.2. The molecule has 0 aliphatic carbocycles. The van der Waals surface area contributed by atoms with Gasteiger partial charge in [-0.25, -0.2) is 9.79 Å². The van der Waals surface area contributed by atoms with Gasteiger partial charge in [-0.1, -0.05) is 11.8 Å². The molecule has 0 aromatic rings. The van der Waals surface area contributed by atoms with E-state index in [9.17, 15) is 14.4 Å². The minimum absolute atomic E-state index is 0.0308. The molecule has 0 saturated carbocycles. The third-order valence-corrected chi connectivity index (χ3v) is 4.41. The maximum atomic E-state index is 12.1. The van der Waals surface area contributed by atoms with Crippen molar-refractivity contribution < 1.29 is 14.4 Å². The molecule has 2 aliphatic rings. The average molecular weight is 313 g/mol. The van der Waals surface area contributed by atoms with Crippen LogP contribution in [-0.2, 0) is 9.59 Å². The summed E-state index contributed by atoms with van der Waals surface area (Å²) in [4.78, 5) is 42.9. The third-order valence-electron chi connectivity index (χ3n) is 3.43. The Kier molecular flexibility index (Phi) is 4.40. The van der Waals surface area contributed by atoms with E-state index in [-0.39, 0.29) is 23.6 Å². The van der Waals surface area contributed by atoms with E-state index in [0.717, 1.165) is 0 Å². The van der Waals surface area contributed by atoms with E-state index < -0.39 is 18.2 Å². The standard InChI is InChI=1S/C12H19N5O3S/c1-6(2)17-8-9(16(4)11(20)15-10(8)19)14-12(17)21-5-7(18)13-3/h6,8-9H,5H2,1-4H3,(H,13,18)(H,15,19,20). The normalized spacial score (nSPS) is 24.9. The molecule has 1 saturated heterocycles. The van der Waals surface area contributed by atoms with Gasteiger partial charge in [0.2, 0.25) is 5.91 Å². The van der Waals surface area contributed by atoms with Gasteiger partial charge >= 0.3 is 6.03 Å². The lowest BCUT2D eigenvalue weighted by atomic mass is 10.1. The molecule has 0 aromatic heterocycles. The predicted molar refractivity (Wildman–Crippen MR) is 79.8 cm³/mol. The van der Waals surface area contributed by atoms with Crippen LogP contribution in [0.15, 0.2) is 4.99 Å². The first-order chi connectivity index (χ1) is 9.86. The fourth-order valence-electron chi connectivity index (χ4n) is 2.32. The van der Waals surface area contributed by atoms with Gasteiger partial charge in [-0.3, -0.25) is 14.9 Å². The Bertz CT molecular complexity index is 507. The van der Waals surface area contributed by atoms with Crippen LogP contribution in [0.2, 0.25) is 0 Å². The monoisotopic (exact) mass is 313 g/mol. The number of amides is 4. The summed E-state index contributed by atoms with van der Waals surface area (Å²) in [5, 5.41) is 5.48. The number of likely N-dealkylation sites (N-methyl/N-ethyl adjacent to an activating group) is 1. The number of imide groups is 1. The molecule has 0 spiro atoms. The van der Waals surface area contributed by atoms with Crippen LogP contribution in [0.5, 0.6) is 0 Å². The van der Waals surface area contributed by atoms with Crippen molar-refractivity contribution in [3.8, 4) is 0 Å². The molecule has 4 amide bonds. The quantitative estimate of drug-likeness (QED) is 0.727. The Hall–Kier alpha value is -1.77. The molecule has 0 radical (unpaired) electrons. The van der Waals surface area contributed by atoms with E-state index in [0.29, 0.717) is 5.17 Å². The number of urea groups is 1. The minimum Gasteiger partial charge on any atom is -0.358 e. The summed E-state index contributed by atoms with van der Waals surface area (Å²) >= 11 is 1.27. The van der Waals surface area contributed by atoms with Gasteiger partial charge in [-0.15, -0.1) is 0 Å². The molecule has 2 N–H and O–H groups in total. The second-order valence-corrected chi connectivity index (χ2v) is 6.08. The fraction of sp³-hybridized carbons (Fsp3) is 0.667. The first-order valence-electron chi connectivity index (χ1n) is 6.64. The lowest BCUT2D eigenvalue weighted by Crippen LogP contribution is -2.64. The SMILES string of the molecule is CNC(=O)CSC1=NC2C(C(=O)NC(=O)N2C)N1C(C)C. The number of thioether (sulfide) groups is 1. The van der Waals surface area contributed by atoms with E-state index in [1.165, 1.54) is 16.7 Å². The Morgan fingerprint density at radius 1 is 1.48 bits per heavy atom. The Labute approximate surface area is 127 Å². The van der Waals surface area contributed by atoms with E-state index in [1.807, 2.05) is 18.7 Å². The molecular weight excluding hydrogens is 294 g/mol. The molecular formula is C12H19N5O3S. The van der Waals surface area contributed by atoms with Crippen molar-refractivity contribution in [2.75, 3.05) is 19.8 Å². The molecule has 2 aliphatic heterocycles. The van der Waals surface area contributed by atoms with Crippen LogP contribution in [0.3, 0.4) is 0 Å². The minimum atomic E-state index is -0.542. The van der Waals surface area contributed by atoms with E-state index in [4.69, 9.17) is 0 Å². The van der Waals surface area contributed by atoms with Gasteiger partial charge < -0.3 is 15.1 Å². The summed E-state index contributed by atoms with van der Waals surface area (Å²) in [6.45, 7) is 3.89. The fourth-order valence-corrected chi connectivity index (χ4v) is 3.38. The highest BCUT2D eigenvalue weighted by molar-refractivity contribution is 8.14. The van der Waals surface area contributed by atoms with Gasteiger partial charge in [0.1, 0.15) is 0 Å². The highest BCUT2D eigenvalue weighted by Gasteiger charge is 2.49. The van der Waals surface area contributed by atoms with Gasteiger partial charge in [-0.05, 0) is 13.8 Å². The molecule has 116 valence electrons. The van der Waals surface area contributed by atoms with Crippen molar-refractivity contribution in [2.45, 2.75) is 32.1 Å². The molecule has 21 heavy (non-hydrogen) atoms. The largest absolute Gasteiger partial charge is 0.358 e. The number of rotatable bonds is 3. The maximum Gasteiger partial charge on any atom is 0.325 e. The number of fused-ring (bicyclic) bond motifs is 1. The summed E-state index contributed by atoms with van der Waals surface area (Å²) in [5.74, 6) is -0.247. The van der Waals surface area contributed by atoms with Crippen molar-refractivity contribution in [1.29, 1.82) is 0 Å². The van der Waals surface area contributed by atoms with Crippen molar-refractivity contribution in [3.05, 3.63) is 0 Å². The highest BCUT2D eigenvalue weighted by Crippen LogP contribution is 2.29. The topological polar surface area (TPSA) is 94.1 Å². The number of nitrogens with one attached hydrogen (secondary N) is 2. The van der Waals surface area contributed by atoms with Crippen LogP contribution in [0, 0.1) is 0 Å². The molecule has 2 unspecified atom stereocenters. The van der Waals surface area contributed by atoms with Gasteiger partial charge in [-0.2, -0.15) is 0 Å². The predicted octanol–water partition coefficient (Wildman–Crippen LogP) is -0.578. The van der Waals surface area contributed by atoms with E-state index in [1.54, 1.807) is 14.1 Å².